The second-order valence-electron chi connectivity index (χ2n) is 5.78. The predicted octanol–water partition coefficient (Wildman–Crippen LogP) is 3.06. The van der Waals surface area contributed by atoms with E-state index in [1.54, 1.807) is 19.2 Å². The highest BCUT2D eigenvalue weighted by atomic mass is 127. The molecule has 0 radical (unpaired) electrons. The third-order valence-corrected chi connectivity index (χ3v) is 3.98. The van der Waals surface area contributed by atoms with Crippen LogP contribution in [0.25, 0.3) is 0 Å². The molecule has 5 nitrogen and oxygen atoms in total. The number of ether oxygens (including phenoxy) is 1. The van der Waals surface area contributed by atoms with E-state index in [0.717, 1.165) is 18.7 Å². The van der Waals surface area contributed by atoms with Gasteiger partial charge in [0.2, 0.25) is 0 Å². The van der Waals surface area contributed by atoms with Crippen molar-refractivity contribution < 1.29 is 13.5 Å². The van der Waals surface area contributed by atoms with Crippen molar-refractivity contribution >= 4 is 29.9 Å². The van der Waals surface area contributed by atoms with Crippen LogP contribution in [0.2, 0.25) is 0 Å². The van der Waals surface area contributed by atoms with Crippen LogP contribution in [0.4, 0.5) is 8.78 Å². The molecule has 0 bridgehead atoms. The van der Waals surface area contributed by atoms with Gasteiger partial charge >= 0.3 is 6.61 Å². The Balaban J connectivity index is 0.00000312. The maximum Gasteiger partial charge on any atom is 0.387 e. The minimum atomic E-state index is -2.81. The van der Waals surface area contributed by atoms with Crippen LogP contribution in [0.5, 0.6) is 5.75 Å². The van der Waals surface area contributed by atoms with Gasteiger partial charge in [-0.2, -0.15) is 8.78 Å². The highest BCUT2D eigenvalue weighted by molar-refractivity contribution is 14.0. The molecule has 1 aliphatic heterocycles. The zero-order valence-corrected chi connectivity index (χ0v) is 16.8. The van der Waals surface area contributed by atoms with Gasteiger partial charge in [0, 0.05) is 26.7 Å². The molecule has 1 aromatic rings. The number of benzene rings is 1. The zero-order chi connectivity index (χ0) is 17.2. The van der Waals surface area contributed by atoms with Crippen LogP contribution in [-0.2, 0) is 6.54 Å². The Morgan fingerprint density at radius 3 is 2.68 bits per heavy atom. The van der Waals surface area contributed by atoms with Gasteiger partial charge < -0.3 is 20.3 Å². The molecule has 0 atom stereocenters. The number of halogens is 3. The highest BCUT2D eigenvalue weighted by Crippen LogP contribution is 2.15. The summed E-state index contributed by atoms with van der Waals surface area (Å²) in [5, 5.41) is 6.46. The highest BCUT2D eigenvalue weighted by Gasteiger charge is 2.09. The first kappa shape index (κ1) is 21.9. The van der Waals surface area contributed by atoms with Crippen molar-refractivity contribution in [2.75, 3.05) is 33.2 Å². The average molecular weight is 468 g/mol. The molecule has 0 saturated carbocycles. The van der Waals surface area contributed by atoms with E-state index in [4.69, 9.17) is 0 Å². The van der Waals surface area contributed by atoms with E-state index >= 15 is 0 Å². The smallest absolute Gasteiger partial charge is 0.387 e. The monoisotopic (exact) mass is 468 g/mol. The number of nitrogens with one attached hydrogen (secondary N) is 2. The molecule has 0 aromatic heterocycles. The molecule has 1 saturated heterocycles. The van der Waals surface area contributed by atoms with Gasteiger partial charge in [0.15, 0.2) is 5.96 Å². The van der Waals surface area contributed by atoms with Crippen molar-refractivity contribution in [1.82, 2.24) is 15.5 Å². The summed E-state index contributed by atoms with van der Waals surface area (Å²) in [6, 6.07) is 6.66. The van der Waals surface area contributed by atoms with Crippen LogP contribution in [-0.4, -0.2) is 50.7 Å². The lowest BCUT2D eigenvalue weighted by Gasteiger charge is -2.26. The number of nitrogens with zero attached hydrogens (tertiary/aromatic N) is 2. The van der Waals surface area contributed by atoms with Gasteiger partial charge in [-0.25, -0.2) is 0 Å². The molecule has 1 aromatic carbocycles. The van der Waals surface area contributed by atoms with Crippen molar-refractivity contribution in [2.24, 2.45) is 4.99 Å². The summed E-state index contributed by atoms with van der Waals surface area (Å²) in [6.45, 7) is 1.85. The SMILES string of the molecule is CN=C(NCCN1CCCCC1)NCc1cccc(OC(F)F)c1.I. The lowest BCUT2D eigenvalue weighted by molar-refractivity contribution is -0.0498. The van der Waals surface area contributed by atoms with Crippen LogP contribution in [0.1, 0.15) is 24.8 Å². The molecule has 1 fully saturated rings. The third kappa shape index (κ3) is 8.66. The van der Waals surface area contributed by atoms with Gasteiger partial charge in [0.05, 0.1) is 0 Å². The fraction of sp³-hybridized carbons (Fsp3) is 0.588. The largest absolute Gasteiger partial charge is 0.435 e. The summed E-state index contributed by atoms with van der Waals surface area (Å²) in [6.07, 6.45) is 3.90. The van der Waals surface area contributed by atoms with Gasteiger partial charge in [-0.1, -0.05) is 18.6 Å². The molecule has 0 amide bonds. The molecular weight excluding hydrogens is 441 g/mol. The number of rotatable bonds is 7. The van der Waals surface area contributed by atoms with Crippen LogP contribution in [0, 0.1) is 0 Å². The molecule has 142 valence electrons. The summed E-state index contributed by atoms with van der Waals surface area (Å²) < 4.78 is 28.9. The van der Waals surface area contributed by atoms with Gasteiger partial charge in [-0.05, 0) is 43.6 Å². The Morgan fingerprint density at radius 2 is 2.00 bits per heavy atom. The van der Waals surface area contributed by atoms with Gasteiger partial charge in [0.25, 0.3) is 0 Å². The van der Waals surface area contributed by atoms with Crippen LogP contribution < -0.4 is 15.4 Å². The zero-order valence-electron chi connectivity index (χ0n) is 14.5. The lowest BCUT2D eigenvalue weighted by atomic mass is 10.1. The summed E-state index contributed by atoms with van der Waals surface area (Å²) in [4.78, 5) is 6.63. The molecule has 0 aliphatic carbocycles. The number of alkyl halides is 2. The molecule has 1 heterocycles. The summed E-state index contributed by atoms with van der Waals surface area (Å²) in [5.41, 5.74) is 0.854. The van der Waals surface area contributed by atoms with Crippen molar-refractivity contribution in [3.05, 3.63) is 29.8 Å². The van der Waals surface area contributed by atoms with E-state index in [1.807, 2.05) is 6.07 Å². The molecular formula is C17H27F2IN4O. The van der Waals surface area contributed by atoms with Gasteiger partial charge in [-0.15, -0.1) is 24.0 Å². The van der Waals surface area contributed by atoms with E-state index in [1.165, 1.54) is 38.4 Å². The maximum atomic E-state index is 12.2. The van der Waals surface area contributed by atoms with Crippen molar-refractivity contribution in [1.29, 1.82) is 0 Å². The molecule has 25 heavy (non-hydrogen) atoms. The second kappa shape index (κ2) is 12.2. The van der Waals surface area contributed by atoms with E-state index in [0.29, 0.717) is 12.5 Å². The van der Waals surface area contributed by atoms with Crippen LogP contribution in [0.15, 0.2) is 29.3 Å². The molecule has 0 spiro atoms. The van der Waals surface area contributed by atoms with E-state index in [9.17, 15) is 8.78 Å². The quantitative estimate of drug-likeness (QED) is 0.367. The lowest BCUT2D eigenvalue weighted by Crippen LogP contribution is -2.42. The number of hydrogen-bond acceptors (Lipinski definition) is 3. The average Bonchev–Trinajstić information content (AvgIpc) is 2.58. The van der Waals surface area contributed by atoms with E-state index in [-0.39, 0.29) is 29.7 Å². The minimum Gasteiger partial charge on any atom is -0.435 e. The summed E-state index contributed by atoms with van der Waals surface area (Å²) in [5.74, 6) is 0.865. The molecule has 0 unspecified atom stereocenters. The van der Waals surface area contributed by atoms with Crippen molar-refractivity contribution in [3.63, 3.8) is 0 Å². The van der Waals surface area contributed by atoms with Crippen LogP contribution >= 0.6 is 24.0 Å². The van der Waals surface area contributed by atoms with Gasteiger partial charge in [0.1, 0.15) is 5.75 Å². The Bertz CT molecular complexity index is 525. The molecule has 2 rings (SSSR count). The Kier molecular flexibility index (Phi) is 10.7. The predicted molar refractivity (Wildman–Crippen MR) is 107 cm³/mol. The first-order valence-electron chi connectivity index (χ1n) is 8.38. The fourth-order valence-corrected chi connectivity index (χ4v) is 2.75. The topological polar surface area (TPSA) is 48.9 Å². The summed E-state index contributed by atoms with van der Waals surface area (Å²) >= 11 is 0. The third-order valence-electron chi connectivity index (χ3n) is 3.98. The van der Waals surface area contributed by atoms with Gasteiger partial charge in [-0.3, -0.25) is 4.99 Å². The first-order valence-corrected chi connectivity index (χ1v) is 8.38. The van der Waals surface area contributed by atoms with E-state index in [2.05, 4.69) is 25.3 Å². The number of guanidine groups is 1. The number of likely N-dealkylation sites (tertiary alicyclic amines) is 1. The number of aliphatic imine (C=N–C) groups is 1. The standard InChI is InChI=1S/C17H26F2N4O.HI/c1-20-17(21-8-11-23-9-3-2-4-10-23)22-13-14-6-5-7-15(12-14)24-16(18)19;/h5-7,12,16H,2-4,8-11,13H2,1H3,(H2,20,21,22);1H. The fourth-order valence-electron chi connectivity index (χ4n) is 2.75. The number of hydrogen-bond donors (Lipinski definition) is 2. The Hall–Kier alpha value is -1.16. The molecule has 1 aliphatic rings. The molecule has 8 heteroatoms. The Morgan fingerprint density at radius 1 is 1.24 bits per heavy atom. The maximum absolute atomic E-state index is 12.2. The minimum absolute atomic E-state index is 0. The first-order chi connectivity index (χ1) is 11.7. The van der Waals surface area contributed by atoms with Crippen molar-refractivity contribution in [2.45, 2.75) is 32.4 Å². The second-order valence-corrected chi connectivity index (χ2v) is 5.78. The molecule has 2 N–H and O–H groups in total. The summed E-state index contributed by atoms with van der Waals surface area (Å²) in [7, 11) is 1.71. The van der Waals surface area contributed by atoms with Crippen LogP contribution in [0.3, 0.4) is 0 Å². The van der Waals surface area contributed by atoms with Crippen molar-refractivity contribution in [3.8, 4) is 5.75 Å². The number of piperidine rings is 1. The Labute approximate surface area is 165 Å². The van der Waals surface area contributed by atoms with E-state index < -0.39 is 6.61 Å². The normalized spacial score (nSPS) is 15.6.